The van der Waals surface area contributed by atoms with Gasteiger partial charge in [-0.3, -0.25) is 0 Å². The van der Waals surface area contributed by atoms with Crippen LogP contribution in [0.1, 0.15) is 22.3 Å². The molecule has 0 heterocycles. The zero-order valence-electron chi connectivity index (χ0n) is 8.18. The molecule has 0 fully saturated rings. The molecule has 4 heteroatoms. The number of hydrogen-bond donors (Lipinski definition) is 3. The zero-order valence-corrected chi connectivity index (χ0v) is 8.18. The Balaban J connectivity index is 2.88. The van der Waals surface area contributed by atoms with Gasteiger partial charge in [-0.15, -0.1) is 0 Å². The first-order valence-electron chi connectivity index (χ1n) is 4.58. The molecule has 0 radical (unpaired) electrons. The number of carbonyl (C=O) groups is 1. The molecule has 4 nitrogen and oxygen atoms in total. The molecule has 1 aromatic carbocycles. The van der Waals surface area contributed by atoms with Crippen molar-refractivity contribution in [3.8, 4) is 5.75 Å². The molecule has 0 bridgehead atoms. The Bertz CT molecular complexity index is 385. The van der Waals surface area contributed by atoms with E-state index in [4.69, 9.17) is 10.8 Å². The number of aromatic carboxylic acids is 1. The van der Waals surface area contributed by atoms with Crippen LogP contribution in [0.15, 0.2) is 24.3 Å². The summed E-state index contributed by atoms with van der Waals surface area (Å²) in [7, 11) is 0. The van der Waals surface area contributed by atoms with Gasteiger partial charge in [0, 0.05) is 5.56 Å². The van der Waals surface area contributed by atoms with Crippen LogP contribution in [0.25, 0.3) is 6.08 Å². The molecule has 0 spiro atoms. The minimum atomic E-state index is -1.05. The van der Waals surface area contributed by atoms with Gasteiger partial charge in [0.25, 0.3) is 0 Å². The van der Waals surface area contributed by atoms with Crippen molar-refractivity contribution in [1.29, 1.82) is 0 Å². The van der Waals surface area contributed by atoms with Crippen molar-refractivity contribution in [3.63, 3.8) is 0 Å². The molecule has 4 N–H and O–H groups in total. The van der Waals surface area contributed by atoms with Crippen molar-refractivity contribution >= 4 is 12.0 Å². The lowest BCUT2D eigenvalue weighted by Gasteiger charge is -2.00. The highest BCUT2D eigenvalue weighted by Gasteiger charge is 2.05. The predicted molar refractivity (Wildman–Crippen MR) is 57.8 cm³/mol. The van der Waals surface area contributed by atoms with E-state index in [-0.39, 0.29) is 11.3 Å². The third-order valence-corrected chi connectivity index (χ3v) is 1.91. The molecule has 1 aromatic rings. The molecule has 0 amide bonds. The van der Waals surface area contributed by atoms with E-state index in [0.717, 1.165) is 6.42 Å². The fourth-order valence-electron chi connectivity index (χ4n) is 1.12. The number of rotatable bonds is 4. The molecule has 0 aliphatic rings. The van der Waals surface area contributed by atoms with Gasteiger partial charge in [0.05, 0.1) is 5.56 Å². The number of aromatic hydroxyl groups is 1. The Hall–Kier alpha value is -1.81. The molecule has 0 atom stereocenters. The summed E-state index contributed by atoms with van der Waals surface area (Å²) in [5.74, 6) is -1.09. The van der Waals surface area contributed by atoms with Crippen LogP contribution in [0.2, 0.25) is 0 Å². The van der Waals surface area contributed by atoms with E-state index in [1.165, 1.54) is 12.1 Å². The van der Waals surface area contributed by atoms with Gasteiger partial charge in [-0.1, -0.05) is 18.2 Å². The van der Waals surface area contributed by atoms with Gasteiger partial charge in [0.1, 0.15) is 5.75 Å². The van der Waals surface area contributed by atoms with Crippen molar-refractivity contribution < 1.29 is 15.0 Å². The second-order valence-corrected chi connectivity index (χ2v) is 3.06. The lowest BCUT2D eigenvalue weighted by molar-refractivity contribution is 0.0696. The van der Waals surface area contributed by atoms with E-state index in [1.807, 2.05) is 6.08 Å². The number of carboxylic acid groups (broad SMARTS) is 1. The summed E-state index contributed by atoms with van der Waals surface area (Å²) >= 11 is 0. The molecule has 0 aliphatic heterocycles. The van der Waals surface area contributed by atoms with Gasteiger partial charge in [-0.25, -0.2) is 4.79 Å². The van der Waals surface area contributed by atoms with Gasteiger partial charge in [-0.05, 0) is 25.1 Å². The van der Waals surface area contributed by atoms with E-state index in [2.05, 4.69) is 0 Å². The fraction of sp³-hybridized carbons (Fsp3) is 0.182. The van der Waals surface area contributed by atoms with Crippen molar-refractivity contribution in [3.05, 3.63) is 35.4 Å². The summed E-state index contributed by atoms with van der Waals surface area (Å²) in [4.78, 5) is 10.6. The number of hydrogen-bond acceptors (Lipinski definition) is 3. The second-order valence-electron chi connectivity index (χ2n) is 3.06. The Kier molecular flexibility index (Phi) is 3.88. The van der Waals surface area contributed by atoms with Crippen LogP contribution in [0.3, 0.4) is 0 Å². The smallest absolute Gasteiger partial charge is 0.335 e. The van der Waals surface area contributed by atoms with Crippen molar-refractivity contribution in [2.75, 3.05) is 6.54 Å². The third kappa shape index (κ3) is 3.11. The molecule has 0 saturated carbocycles. The van der Waals surface area contributed by atoms with Gasteiger partial charge in [-0.2, -0.15) is 0 Å². The predicted octanol–water partition coefficient (Wildman–Crippen LogP) is 1.45. The summed E-state index contributed by atoms with van der Waals surface area (Å²) in [5.41, 5.74) is 5.97. The summed E-state index contributed by atoms with van der Waals surface area (Å²) in [6.07, 6.45) is 4.27. The third-order valence-electron chi connectivity index (χ3n) is 1.91. The largest absolute Gasteiger partial charge is 0.507 e. The molecule has 0 aromatic heterocycles. The average Bonchev–Trinajstić information content (AvgIpc) is 2.20. The number of nitrogens with two attached hydrogens (primary N) is 1. The molecule has 0 unspecified atom stereocenters. The summed E-state index contributed by atoms with van der Waals surface area (Å²) in [5, 5.41) is 18.2. The number of carboxylic acids is 1. The highest BCUT2D eigenvalue weighted by atomic mass is 16.4. The van der Waals surface area contributed by atoms with Crippen LogP contribution in [-0.2, 0) is 0 Å². The van der Waals surface area contributed by atoms with Gasteiger partial charge < -0.3 is 15.9 Å². The summed E-state index contributed by atoms with van der Waals surface area (Å²) in [6, 6.07) is 4.24. The van der Waals surface area contributed by atoms with Crippen LogP contribution in [0, 0.1) is 0 Å². The molecule has 0 saturated heterocycles. The molecular weight excluding hydrogens is 194 g/mol. The second kappa shape index (κ2) is 5.17. The molecule has 80 valence electrons. The number of phenolic OH excluding ortho intramolecular Hbond substituents is 1. The summed E-state index contributed by atoms with van der Waals surface area (Å²) in [6.45, 7) is 0.546. The first-order chi connectivity index (χ1) is 7.15. The standard InChI is InChI=1S/C11H13NO3/c12-6-2-1-3-8-4-5-9(11(14)15)7-10(8)13/h1,3-5,7,13H,2,6,12H2,(H,14,15). The number of benzene rings is 1. The van der Waals surface area contributed by atoms with E-state index in [9.17, 15) is 9.90 Å². The fourth-order valence-corrected chi connectivity index (χ4v) is 1.12. The Labute approximate surface area is 87.7 Å². The Morgan fingerprint density at radius 3 is 2.73 bits per heavy atom. The van der Waals surface area contributed by atoms with Crippen molar-refractivity contribution in [2.24, 2.45) is 5.73 Å². The normalized spacial score (nSPS) is 10.7. The van der Waals surface area contributed by atoms with Crippen molar-refractivity contribution in [1.82, 2.24) is 0 Å². The van der Waals surface area contributed by atoms with Gasteiger partial charge in [0.15, 0.2) is 0 Å². The Morgan fingerprint density at radius 2 is 2.20 bits per heavy atom. The van der Waals surface area contributed by atoms with E-state index < -0.39 is 5.97 Å². The van der Waals surface area contributed by atoms with Crippen molar-refractivity contribution in [2.45, 2.75) is 6.42 Å². The zero-order chi connectivity index (χ0) is 11.3. The highest BCUT2D eigenvalue weighted by Crippen LogP contribution is 2.20. The maximum Gasteiger partial charge on any atom is 0.335 e. The molecule has 0 aliphatic carbocycles. The lowest BCUT2D eigenvalue weighted by Crippen LogP contribution is -1.96. The minimum absolute atomic E-state index is 0.0387. The van der Waals surface area contributed by atoms with Crippen LogP contribution in [-0.4, -0.2) is 22.7 Å². The first-order valence-corrected chi connectivity index (χ1v) is 4.58. The topological polar surface area (TPSA) is 83.6 Å². The van der Waals surface area contributed by atoms with E-state index in [1.54, 1.807) is 12.1 Å². The quantitative estimate of drug-likeness (QED) is 0.697. The molecule has 1 rings (SSSR count). The maximum atomic E-state index is 10.6. The molecule has 15 heavy (non-hydrogen) atoms. The first kappa shape index (κ1) is 11.3. The van der Waals surface area contributed by atoms with Crippen LogP contribution in [0.4, 0.5) is 0 Å². The lowest BCUT2D eigenvalue weighted by atomic mass is 10.1. The van der Waals surface area contributed by atoms with E-state index in [0.29, 0.717) is 12.1 Å². The van der Waals surface area contributed by atoms with Crippen LogP contribution in [0.5, 0.6) is 5.75 Å². The van der Waals surface area contributed by atoms with Crippen LogP contribution >= 0.6 is 0 Å². The SMILES string of the molecule is NCCC=Cc1ccc(C(=O)O)cc1O. The minimum Gasteiger partial charge on any atom is -0.507 e. The van der Waals surface area contributed by atoms with E-state index >= 15 is 0 Å². The van der Waals surface area contributed by atoms with Gasteiger partial charge in [0.2, 0.25) is 0 Å². The summed E-state index contributed by atoms with van der Waals surface area (Å²) < 4.78 is 0. The average molecular weight is 207 g/mol. The Morgan fingerprint density at radius 1 is 1.47 bits per heavy atom. The number of phenols is 1. The van der Waals surface area contributed by atoms with Crippen LogP contribution < -0.4 is 5.73 Å². The van der Waals surface area contributed by atoms with Gasteiger partial charge >= 0.3 is 5.97 Å². The monoisotopic (exact) mass is 207 g/mol. The molecular formula is C11H13NO3. The highest BCUT2D eigenvalue weighted by molar-refractivity contribution is 5.88. The maximum absolute atomic E-state index is 10.6.